The van der Waals surface area contributed by atoms with E-state index in [4.69, 9.17) is 5.73 Å². The van der Waals surface area contributed by atoms with E-state index in [1.165, 1.54) is 6.07 Å². The molecule has 0 spiro atoms. The molecule has 0 saturated carbocycles. The normalized spacial score (nSPS) is 10.6. The first-order valence-corrected chi connectivity index (χ1v) is 8.41. The third-order valence-electron chi connectivity index (χ3n) is 3.36. The van der Waals surface area contributed by atoms with Crippen LogP contribution >= 0.6 is 0 Å². The Morgan fingerprint density at radius 2 is 1.73 bits per heavy atom. The third kappa shape index (κ3) is 2.61. The molecule has 3 nitrogen and oxygen atoms in total. The molecule has 22 heavy (non-hydrogen) atoms. The van der Waals surface area contributed by atoms with Crippen molar-refractivity contribution >= 4 is 20.4 Å². The van der Waals surface area contributed by atoms with Crippen LogP contribution in [0.5, 0.6) is 0 Å². The van der Waals surface area contributed by atoms with Gasteiger partial charge in [-0.1, -0.05) is 0 Å². The van der Waals surface area contributed by atoms with E-state index < -0.39 is 5.91 Å². The molecule has 5 heteroatoms. The Morgan fingerprint density at radius 1 is 1.09 bits per heavy atom. The Kier molecular flexibility index (Phi) is 3.92. The summed E-state index contributed by atoms with van der Waals surface area (Å²) in [6.45, 7) is 1.99. The molecule has 0 unspecified atom stereocenters. The number of halogens is 1. The fourth-order valence-electron chi connectivity index (χ4n) is 2.27. The quantitative estimate of drug-likeness (QED) is 0.731. The van der Waals surface area contributed by atoms with Gasteiger partial charge in [0, 0.05) is 0 Å². The van der Waals surface area contributed by atoms with Gasteiger partial charge < -0.3 is 0 Å². The zero-order chi connectivity index (χ0) is 15.7. The van der Waals surface area contributed by atoms with Crippen molar-refractivity contribution in [1.29, 1.82) is 0 Å². The van der Waals surface area contributed by atoms with Gasteiger partial charge in [0.2, 0.25) is 0 Å². The van der Waals surface area contributed by atoms with Crippen molar-refractivity contribution in [2.24, 2.45) is 5.73 Å². The summed E-state index contributed by atoms with van der Waals surface area (Å²) >= 11 is -0.324. The molecule has 1 amide bonds. The van der Waals surface area contributed by atoms with Gasteiger partial charge in [-0.15, -0.1) is 0 Å². The number of carbonyl (C=O) groups excluding carboxylic acids is 1. The van der Waals surface area contributed by atoms with Gasteiger partial charge in [0.15, 0.2) is 0 Å². The number of primary amides is 1. The first kappa shape index (κ1) is 14.7. The average molecular weight is 359 g/mol. The van der Waals surface area contributed by atoms with Gasteiger partial charge in [-0.2, -0.15) is 0 Å². The predicted octanol–water partition coefficient (Wildman–Crippen LogP) is 3.02. The van der Waals surface area contributed by atoms with Gasteiger partial charge in [-0.05, 0) is 0 Å². The summed E-state index contributed by atoms with van der Waals surface area (Å²) < 4.78 is 15.4. The number of amides is 1. The number of hydrogen-bond donors (Lipinski definition) is 1. The SMILES string of the molecule is Cc1ccccc1-c1[se]c(C(N)=O)nc1-c1ccccc1F. The molecule has 1 aromatic heterocycles. The number of aryl methyl sites for hydroxylation is 1. The van der Waals surface area contributed by atoms with E-state index in [1.54, 1.807) is 18.2 Å². The van der Waals surface area contributed by atoms with Crippen LogP contribution < -0.4 is 5.73 Å². The van der Waals surface area contributed by atoms with Crippen LogP contribution in [0.1, 0.15) is 14.9 Å². The predicted molar refractivity (Wildman–Crippen MR) is 85.3 cm³/mol. The van der Waals surface area contributed by atoms with Gasteiger partial charge >= 0.3 is 133 Å². The Morgan fingerprint density at radius 3 is 2.36 bits per heavy atom. The van der Waals surface area contributed by atoms with Crippen LogP contribution in [0.15, 0.2) is 48.5 Å². The van der Waals surface area contributed by atoms with Gasteiger partial charge in [-0.3, -0.25) is 0 Å². The van der Waals surface area contributed by atoms with E-state index in [2.05, 4.69) is 4.98 Å². The van der Waals surface area contributed by atoms with E-state index in [-0.39, 0.29) is 20.3 Å². The number of aromatic nitrogens is 1. The van der Waals surface area contributed by atoms with Gasteiger partial charge in [-0.25, -0.2) is 0 Å². The summed E-state index contributed by atoms with van der Waals surface area (Å²) in [4.78, 5) is 15.8. The van der Waals surface area contributed by atoms with E-state index in [9.17, 15) is 9.18 Å². The zero-order valence-corrected chi connectivity index (χ0v) is 13.6. The van der Waals surface area contributed by atoms with Crippen molar-refractivity contribution in [1.82, 2.24) is 4.98 Å². The molecular formula is C17H13FN2OSe. The monoisotopic (exact) mass is 360 g/mol. The summed E-state index contributed by atoms with van der Waals surface area (Å²) in [6, 6.07) is 14.3. The van der Waals surface area contributed by atoms with Crippen molar-refractivity contribution in [3.05, 3.63) is 64.5 Å². The van der Waals surface area contributed by atoms with Crippen molar-refractivity contribution in [3.8, 4) is 21.3 Å². The van der Waals surface area contributed by atoms with Crippen LogP contribution in [0.2, 0.25) is 0 Å². The maximum absolute atomic E-state index is 14.1. The molecule has 1 heterocycles. The molecule has 2 N–H and O–H groups in total. The van der Waals surface area contributed by atoms with Crippen LogP contribution in [-0.4, -0.2) is 25.4 Å². The molecule has 110 valence electrons. The third-order valence-corrected chi connectivity index (χ3v) is 5.67. The number of nitrogens with zero attached hydrogens (tertiary/aromatic N) is 1. The summed E-state index contributed by atoms with van der Waals surface area (Å²) in [5.74, 6) is -0.897. The van der Waals surface area contributed by atoms with E-state index in [0.29, 0.717) is 15.8 Å². The second kappa shape index (κ2) is 5.87. The molecule has 0 aliphatic rings. The molecule has 0 radical (unpaired) electrons. The molecule has 0 bridgehead atoms. The Labute approximate surface area is 133 Å². The molecular weight excluding hydrogens is 346 g/mol. The zero-order valence-electron chi connectivity index (χ0n) is 11.8. The van der Waals surface area contributed by atoms with Crippen molar-refractivity contribution in [2.75, 3.05) is 0 Å². The number of hydrogen-bond acceptors (Lipinski definition) is 2. The second-order valence-electron chi connectivity index (χ2n) is 4.86. The van der Waals surface area contributed by atoms with Gasteiger partial charge in [0.05, 0.1) is 0 Å². The standard InChI is InChI=1S/C17H13FN2OSe/c1-10-6-2-3-7-11(10)15-14(20-17(22-15)16(19)21)12-8-4-5-9-13(12)18/h2-9H,1H3,(H2,19,21). The van der Waals surface area contributed by atoms with E-state index in [1.807, 2.05) is 31.2 Å². The molecule has 0 aliphatic carbocycles. The molecule has 3 aromatic rings. The minimum absolute atomic E-state index is 0.323. The van der Waals surface area contributed by atoms with E-state index in [0.717, 1.165) is 15.6 Å². The van der Waals surface area contributed by atoms with Crippen molar-refractivity contribution in [3.63, 3.8) is 0 Å². The van der Waals surface area contributed by atoms with Crippen LogP contribution in [-0.2, 0) is 0 Å². The maximum atomic E-state index is 14.1. The molecule has 3 rings (SSSR count). The average Bonchev–Trinajstić information content (AvgIpc) is 2.93. The Balaban J connectivity index is 2.28. The van der Waals surface area contributed by atoms with E-state index >= 15 is 0 Å². The van der Waals surface area contributed by atoms with Gasteiger partial charge in [0.25, 0.3) is 0 Å². The first-order chi connectivity index (χ1) is 10.6. The topological polar surface area (TPSA) is 56.0 Å². The second-order valence-corrected chi connectivity index (χ2v) is 6.95. The number of nitrogens with two attached hydrogens (primary N) is 1. The summed E-state index contributed by atoms with van der Waals surface area (Å²) in [5, 5.41) is 0. The van der Waals surface area contributed by atoms with Crippen LogP contribution in [0.4, 0.5) is 4.39 Å². The molecule has 0 atom stereocenters. The number of rotatable bonds is 3. The molecule has 2 aromatic carbocycles. The minimum atomic E-state index is -0.544. The Hall–Kier alpha value is -2.23. The van der Waals surface area contributed by atoms with Crippen LogP contribution in [0.25, 0.3) is 21.3 Å². The number of carbonyl (C=O) groups is 1. The molecule has 0 saturated heterocycles. The molecule has 0 aliphatic heterocycles. The number of benzene rings is 2. The van der Waals surface area contributed by atoms with Crippen molar-refractivity contribution in [2.45, 2.75) is 6.92 Å². The van der Waals surface area contributed by atoms with Crippen molar-refractivity contribution < 1.29 is 9.18 Å². The van der Waals surface area contributed by atoms with Crippen LogP contribution in [0.3, 0.4) is 0 Å². The Bertz CT molecular complexity index is 794. The first-order valence-electron chi connectivity index (χ1n) is 6.69. The fourth-order valence-corrected chi connectivity index (χ4v) is 4.42. The van der Waals surface area contributed by atoms with Crippen LogP contribution in [0, 0.1) is 12.7 Å². The van der Waals surface area contributed by atoms with Gasteiger partial charge in [0.1, 0.15) is 0 Å². The fraction of sp³-hybridized carbons (Fsp3) is 0.0588. The summed E-state index contributed by atoms with van der Waals surface area (Å²) in [5.41, 5.74) is 8.35. The summed E-state index contributed by atoms with van der Waals surface area (Å²) in [6.07, 6.45) is 0. The summed E-state index contributed by atoms with van der Waals surface area (Å²) in [7, 11) is 0. The molecule has 0 fully saturated rings.